The Balaban J connectivity index is 0.000000263. The topological polar surface area (TPSA) is 172 Å². The molecule has 0 bridgehead atoms. The number of aldehydes is 1. The molecule has 11 heteroatoms. The van der Waals surface area contributed by atoms with Crippen molar-refractivity contribution in [2.45, 2.75) is 75.8 Å². The first-order valence-corrected chi connectivity index (χ1v) is 13.9. The first-order chi connectivity index (χ1) is 19.8. The van der Waals surface area contributed by atoms with Crippen molar-refractivity contribution in [1.82, 2.24) is 10.2 Å². The normalized spacial score (nSPS) is 29.9. The lowest BCUT2D eigenvalue weighted by Crippen LogP contribution is -2.63. The van der Waals surface area contributed by atoms with Gasteiger partial charge < -0.3 is 50.2 Å². The minimum atomic E-state index is -0.914. The van der Waals surface area contributed by atoms with Crippen LogP contribution in [0.25, 0.3) is 0 Å². The summed E-state index contributed by atoms with van der Waals surface area (Å²) in [6, 6.07) is 18.4. The highest BCUT2D eigenvalue weighted by molar-refractivity contribution is 5.44. The molecule has 7 N–H and O–H groups in total. The van der Waals surface area contributed by atoms with Gasteiger partial charge in [-0.05, 0) is 24.6 Å². The van der Waals surface area contributed by atoms with Crippen LogP contribution in [0.3, 0.4) is 0 Å². The summed E-state index contributed by atoms with van der Waals surface area (Å²) in [5.41, 5.74) is 1.97. The zero-order chi connectivity index (χ0) is 30.2. The van der Waals surface area contributed by atoms with Gasteiger partial charge in [0, 0.05) is 13.1 Å². The van der Waals surface area contributed by atoms with Crippen molar-refractivity contribution in [3.05, 3.63) is 71.8 Å². The van der Waals surface area contributed by atoms with Gasteiger partial charge in [0.2, 0.25) is 0 Å². The maximum atomic E-state index is 10.3. The number of aliphatic hydroxyl groups excluding tert-OH is 6. The summed E-state index contributed by atoms with van der Waals surface area (Å²) in [5, 5.41) is 61.6. The summed E-state index contributed by atoms with van der Waals surface area (Å²) in [4.78, 5) is 10.7. The van der Waals surface area contributed by atoms with Crippen LogP contribution in [-0.2, 0) is 27.5 Å². The lowest BCUT2D eigenvalue weighted by Gasteiger charge is -2.44. The van der Waals surface area contributed by atoms with Crippen molar-refractivity contribution in [3.8, 4) is 0 Å². The van der Waals surface area contributed by atoms with Gasteiger partial charge in [0.15, 0.2) is 0 Å². The van der Waals surface area contributed by atoms with Crippen molar-refractivity contribution < 1.29 is 44.9 Å². The molecule has 8 atom stereocenters. The van der Waals surface area contributed by atoms with Gasteiger partial charge in [0.05, 0.1) is 50.7 Å². The molecule has 0 unspecified atom stereocenters. The Morgan fingerprint density at radius 1 is 0.829 bits per heavy atom. The highest BCUT2D eigenvalue weighted by atomic mass is 16.5. The fourth-order valence-corrected chi connectivity index (χ4v) is 4.82. The van der Waals surface area contributed by atoms with Crippen LogP contribution < -0.4 is 5.32 Å². The zero-order valence-corrected chi connectivity index (χ0v) is 23.8. The zero-order valence-electron chi connectivity index (χ0n) is 23.8. The summed E-state index contributed by atoms with van der Waals surface area (Å²) >= 11 is 0. The van der Waals surface area contributed by atoms with E-state index in [2.05, 4.69) is 5.32 Å². The molecule has 0 amide bonds. The molecule has 2 aromatic rings. The molecule has 2 saturated heterocycles. The lowest BCUT2D eigenvalue weighted by molar-refractivity contribution is -0.171. The Morgan fingerprint density at radius 3 is 1.76 bits per heavy atom. The van der Waals surface area contributed by atoms with Gasteiger partial charge in [-0.2, -0.15) is 0 Å². The highest BCUT2D eigenvalue weighted by Crippen LogP contribution is 2.22. The average Bonchev–Trinajstić information content (AvgIpc) is 2.98. The third kappa shape index (κ3) is 10.8. The van der Waals surface area contributed by atoms with Crippen LogP contribution in [0.15, 0.2) is 60.7 Å². The van der Waals surface area contributed by atoms with Crippen LogP contribution in [0.5, 0.6) is 0 Å². The maximum Gasteiger partial charge on any atom is 0.116 e. The Morgan fingerprint density at radius 2 is 1.32 bits per heavy atom. The number of likely N-dealkylation sites (tertiary alicyclic amines) is 1. The molecule has 2 heterocycles. The molecule has 230 valence electrons. The monoisotopic (exact) mass is 578 g/mol. The first-order valence-electron chi connectivity index (χ1n) is 13.9. The Hall–Kier alpha value is -2.29. The van der Waals surface area contributed by atoms with Crippen LogP contribution in [0.4, 0.5) is 0 Å². The Kier molecular flexibility index (Phi) is 16.2. The number of aliphatic hydroxyl groups is 6. The van der Waals surface area contributed by atoms with Crippen LogP contribution in [-0.4, -0.2) is 123 Å². The second-order valence-electron chi connectivity index (χ2n) is 9.91. The third-order valence-corrected chi connectivity index (χ3v) is 7.08. The molecule has 0 saturated carbocycles. The molecular formula is C30H46N2O9. The standard InChI is InChI=1S/C15H23NO4.C13H19NO4.C2H4O/c1-2-16-8-13(18)15(14(19)12(16)9-17)20-10-11-6-4-3-5-7-11;15-7-10-12(17)13(11(16)6-14-10)18-8-9-4-2-1-3-5-9;1-2-3/h3-7,12-15,17-19H,2,8-10H2,1H3;1-5,10-17H,6-8H2;2H,1H3/t12-,13+,14-,15-;10-,11+,12-,13-;/m11./s1. The highest BCUT2D eigenvalue weighted by Gasteiger charge is 2.42. The van der Waals surface area contributed by atoms with Gasteiger partial charge in [-0.15, -0.1) is 0 Å². The maximum absolute atomic E-state index is 10.3. The molecule has 2 aliphatic rings. The largest absolute Gasteiger partial charge is 0.395 e. The predicted molar refractivity (Wildman–Crippen MR) is 153 cm³/mol. The number of hydrogen-bond donors (Lipinski definition) is 7. The van der Waals surface area contributed by atoms with E-state index in [-0.39, 0.29) is 19.3 Å². The van der Waals surface area contributed by atoms with E-state index in [1.54, 1.807) is 0 Å². The SMILES string of the molecule is CC=O.CCN1C[C@H](O)[C@@H](OCc2ccccc2)[C@H](O)[C@H]1CO.OC[C@H]1NC[C@H](O)[C@@H](OCc2ccccc2)[C@@H]1O. The van der Waals surface area contributed by atoms with Gasteiger partial charge in [-0.1, -0.05) is 67.6 Å². The van der Waals surface area contributed by atoms with Crippen molar-refractivity contribution in [2.24, 2.45) is 0 Å². The number of nitrogens with zero attached hydrogens (tertiary/aromatic N) is 1. The third-order valence-electron chi connectivity index (χ3n) is 7.08. The minimum absolute atomic E-state index is 0.146. The summed E-state index contributed by atoms with van der Waals surface area (Å²) in [5.74, 6) is 0. The molecule has 2 aliphatic heterocycles. The number of ether oxygens (including phenoxy) is 2. The molecule has 0 radical (unpaired) electrons. The van der Waals surface area contributed by atoms with Gasteiger partial charge >= 0.3 is 0 Å². The molecule has 41 heavy (non-hydrogen) atoms. The van der Waals surface area contributed by atoms with E-state index in [9.17, 15) is 25.5 Å². The van der Waals surface area contributed by atoms with Gasteiger partial charge in [-0.3, -0.25) is 4.90 Å². The number of nitrogens with one attached hydrogen (secondary N) is 1. The number of β-amino-alcohol motifs (C(OH)–C–C–N with tert-alkyl or cyclic N) is 2. The number of benzene rings is 2. The second kappa shape index (κ2) is 19.0. The number of piperidine rings is 2. The van der Waals surface area contributed by atoms with Crippen LogP contribution in [0, 0.1) is 0 Å². The Bertz CT molecular complexity index is 955. The van der Waals surface area contributed by atoms with E-state index in [0.29, 0.717) is 32.8 Å². The molecule has 0 aliphatic carbocycles. The number of hydrogen-bond acceptors (Lipinski definition) is 11. The average molecular weight is 579 g/mol. The fourth-order valence-electron chi connectivity index (χ4n) is 4.82. The summed E-state index contributed by atoms with van der Waals surface area (Å²) in [7, 11) is 0. The molecule has 4 rings (SSSR count). The number of carbonyl (C=O) groups excluding carboxylic acids is 1. The predicted octanol–water partition coefficient (Wildman–Crippen LogP) is -0.547. The Labute approximate surface area is 242 Å². The summed E-state index contributed by atoms with van der Waals surface area (Å²) < 4.78 is 11.3. The number of rotatable bonds is 9. The van der Waals surface area contributed by atoms with Crippen LogP contribution >= 0.6 is 0 Å². The second-order valence-corrected chi connectivity index (χ2v) is 9.91. The minimum Gasteiger partial charge on any atom is -0.395 e. The molecule has 0 spiro atoms. The molecule has 2 fully saturated rings. The van der Waals surface area contributed by atoms with Crippen molar-refractivity contribution >= 4 is 6.29 Å². The fraction of sp³-hybridized carbons (Fsp3) is 0.567. The molecule has 0 aromatic heterocycles. The number of carbonyl (C=O) groups is 1. The summed E-state index contributed by atoms with van der Waals surface area (Å²) in [6.07, 6.45) is -3.93. The first kappa shape index (κ1) is 34.9. The van der Waals surface area contributed by atoms with E-state index in [1.807, 2.05) is 72.5 Å². The lowest BCUT2D eigenvalue weighted by atomic mass is 9.94. The van der Waals surface area contributed by atoms with E-state index in [1.165, 1.54) is 6.92 Å². The van der Waals surface area contributed by atoms with Gasteiger partial charge in [-0.25, -0.2) is 0 Å². The van der Waals surface area contributed by atoms with Crippen molar-refractivity contribution in [2.75, 3.05) is 32.8 Å². The van der Waals surface area contributed by atoms with E-state index >= 15 is 0 Å². The van der Waals surface area contributed by atoms with Crippen molar-refractivity contribution in [1.29, 1.82) is 0 Å². The smallest absolute Gasteiger partial charge is 0.116 e. The van der Waals surface area contributed by atoms with Crippen molar-refractivity contribution in [3.63, 3.8) is 0 Å². The number of likely N-dealkylation sites (N-methyl/N-ethyl adjacent to an activating group) is 1. The summed E-state index contributed by atoms with van der Waals surface area (Å²) in [6.45, 7) is 5.10. The van der Waals surface area contributed by atoms with Crippen LogP contribution in [0.1, 0.15) is 25.0 Å². The molecule has 11 nitrogen and oxygen atoms in total. The quantitative estimate of drug-likeness (QED) is 0.191. The van der Waals surface area contributed by atoms with Gasteiger partial charge in [0.1, 0.15) is 30.7 Å². The van der Waals surface area contributed by atoms with E-state index < -0.39 is 42.7 Å². The van der Waals surface area contributed by atoms with Crippen LogP contribution in [0.2, 0.25) is 0 Å². The molecular weight excluding hydrogens is 532 g/mol. The van der Waals surface area contributed by atoms with E-state index in [0.717, 1.165) is 17.4 Å². The van der Waals surface area contributed by atoms with E-state index in [4.69, 9.17) is 19.4 Å². The molecule has 2 aromatic carbocycles. The van der Waals surface area contributed by atoms with Gasteiger partial charge in [0.25, 0.3) is 0 Å².